The number of alkyl halides is 1. The van der Waals surface area contributed by atoms with E-state index in [2.05, 4.69) is 28.1 Å². The molecule has 0 unspecified atom stereocenters. The third-order valence-electron chi connectivity index (χ3n) is 7.12. The molecule has 6 rings (SSSR count). The third kappa shape index (κ3) is 4.24. The highest BCUT2D eigenvalue weighted by atomic mass is 19.1. The van der Waals surface area contributed by atoms with E-state index < -0.39 is 0 Å². The summed E-state index contributed by atoms with van der Waals surface area (Å²) in [5.41, 5.74) is 5.88. The van der Waals surface area contributed by atoms with E-state index in [0.29, 0.717) is 6.61 Å². The number of hydrogen-bond donors (Lipinski definition) is 1. The van der Waals surface area contributed by atoms with Crippen molar-refractivity contribution in [3.63, 3.8) is 0 Å². The molecule has 1 atom stereocenters. The van der Waals surface area contributed by atoms with Gasteiger partial charge in [0.15, 0.2) is 0 Å². The quantitative estimate of drug-likeness (QED) is 0.345. The number of rotatable bonds is 7. The molecular formula is C29H27F2N3O2. The summed E-state index contributed by atoms with van der Waals surface area (Å²) in [4.78, 5) is 2.20. The van der Waals surface area contributed by atoms with Gasteiger partial charge in [0.2, 0.25) is 0 Å². The number of fused-ring (bicyclic) bond motifs is 2. The molecule has 1 fully saturated rings. The summed E-state index contributed by atoms with van der Waals surface area (Å²) in [5, 5.41) is 8.17. The Balaban J connectivity index is 1.28. The number of nitrogens with one attached hydrogen (secondary N) is 1. The van der Waals surface area contributed by atoms with Gasteiger partial charge < -0.3 is 9.47 Å². The first-order valence-corrected chi connectivity index (χ1v) is 12.2. The molecule has 1 N–H and O–H groups in total. The molecule has 0 radical (unpaired) electrons. The first kappa shape index (κ1) is 22.7. The lowest BCUT2D eigenvalue weighted by atomic mass is 9.86. The Kier molecular flexibility index (Phi) is 5.93. The topological polar surface area (TPSA) is 50.4 Å². The fraction of sp³-hybridized carbons (Fsp3) is 0.276. The van der Waals surface area contributed by atoms with Crippen LogP contribution in [0.25, 0.3) is 22.0 Å². The Morgan fingerprint density at radius 3 is 2.61 bits per heavy atom. The SMILES string of the molecule is CC1=C(c2ccc(F)cc2)[C@H](c2ccc(OCCN3CC(CF)C3)cc2)Oc2cc3[nH]ncc3cc21. The number of aromatic nitrogens is 2. The van der Waals surface area contributed by atoms with Crippen molar-refractivity contribution >= 4 is 22.0 Å². The molecule has 1 aromatic heterocycles. The van der Waals surface area contributed by atoms with E-state index in [4.69, 9.17) is 9.47 Å². The number of ether oxygens (including phenoxy) is 2. The summed E-state index contributed by atoms with van der Waals surface area (Å²) in [6.45, 7) is 4.81. The van der Waals surface area contributed by atoms with Crippen LogP contribution >= 0.6 is 0 Å². The highest BCUT2D eigenvalue weighted by Gasteiger charge is 2.30. The predicted molar refractivity (Wildman–Crippen MR) is 136 cm³/mol. The van der Waals surface area contributed by atoms with Crippen molar-refractivity contribution in [2.75, 3.05) is 32.9 Å². The summed E-state index contributed by atoms with van der Waals surface area (Å²) >= 11 is 0. The van der Waals surface area contributed by atoms with E-state index in [1.807, 2.05) is 30.3 Å². The van der Waals surface area contributed by atoms with Gasteiger partial charge in [-0.1, -0.05) is 24.3 Å². The van der Waals surface area contributed by atoms with Gasteiger partial charge in [0.05, 0.1) is 18.4 Å². The number of hydrogen-bond acceptors (Lipinski definition) is 4. The van der Waals surface area contributed by atoms with E-state index in [0.717, 1.165) is 69.9 Å². The van der Waals surface area contributed by atoms with Crippen molar-refractivity contribution in [3.8, 4) is 11.5 Å². The minimum Gasteiger partial charge on any atom is -0.492 e. The second-order valence-corrected chi connectivity index (χ2v) is 9.55. The lowest BCUT2D eigenvalue weighted by Crippen LogP contribution is -2.49. The lowest BCUT2D eigenvalue weighted by Gasteiger charge is -2.37. The standard InChI is InChI=1S/C29H27F2N3O2/c1-18-25-12-22-15-32-33-26(22)13-27(25)36-29(28(18)20-2-6-23(31)7-3-20)21-4-8-24(9-5-21)35-11-10-34-16-19(14-30)17-34/h2-9,12-13,15,19,29H,10-11,14,16-17H2,1H3,(H,32,33)/t29-/m0/s1. The number of H-pyrrole nitrogens is 1. The normalized spacial score (nSPS) is 18.1. The van der Waals surface area contributed by atoms with Gasteiger partial charge in [-0.25, -0.2) is 4.39 Å². The maximum atomic E-state index is 13.7. The maximum Gasteiger partial charge on any atom is 0.150 e. The molecular weight excluding hydrogens is 460 g/mol. The van der Waals surface area contributed by atoms with Crippen LogP contribution in [0.2, 0.25) is 0 Å². The molecule has 0 bridgehead atoms. The van der Waals surface area contributed by atoms with Crippen molar-refractivity contribution in [2.24, 2.45) is 5.92 Å². The second kappa shape index (κ2) is 9.39. The van der Waals surface area contributed by atoms with Gasteiger partial charge in [0, 0.05) is 48.1 Å². The van der Waals surface area contributed by atoms with Crippen molar-refractivity contribution in [3.05, 3.63) is 89.4 Å². The van der Waals surface area contributed by atoms with Gasteiger partial charge in [0.25, 0.3) is 0 Å². The van der Waals surface area contributed by atoms with Crippen LogP contribution < -0.4 is 9.47 Å². The summed E-state index contributed by atoms with van der Waals surface area (Å²) in [7, 11) is 0. The first-order chi connectivity index (χ1) is 17.6. The summed E-state index contributed by atoms with van der Waals surface area (Å²) in [6, 6.07) is 18.5. The van der Waals surface area contributed by atoms with Crippen LogP contribution in [-0.2, 0) is 0 Å². The Morgan fingerprint density at radius 1 is 1.08 bits per heavy atom. The summed E-state index contributed by atoms with van der Waals surface area (Å²) in [5.74, 6) is 1.47. The Morgan fingerprint density at radius 2 is 1.86 bits per heavy atom. The molecule has 3 aromatic carbocycles. The van der Waals surface area contributed by atoms with Crippen LogP contribution in [-0.4, -0.2) is 48.0 Å². The van der Waals surface area contributed by atoms with Crippen LogP contribution in [0.3, 0.4) is 0 Å². The number of benzene rings is 3. The van der Waals surface area contributed by atoms with Gasteiger partial charge in [-0.3, -0.25) is 14.4 Å². The molecule has 2 aliphatic rings. The average Bonchev–Trinajstić information content (AvgIpc) is 3.33. The molecule has 0 amide bonds. The van der Waals surface area contributed by atoms with Crippen LogP contribution in [0, 0.1) is 11.7 Å². The van der Waals surface area contributed by atoms with E-state index in [9.17, 15) is 8.78 Å². The number of halogens is 2. The largest absolute Gasteiger partial charge is 0.492 e. The number of likely N-dealkylation sites (tertiary alicyclic amines) is 1. The molecule has 36 heavy (non-hydrogen) atoms. The van der Waals surface area contributed by atoms with E-state index in [1.54, 1.807) is 18.3 Å². The molecule has 0 aliphatic carbocycles. The second-order valence-electron chi connectivity index (χ2n) is 9.55. The van der Waals surface area contributed by atoms with E-state index >= 15 is 0 Å². The van der Waals surface area contributed by atoms with E-state index in [-0.39, 0.29) is 24.5 Å². The molecule has 4 aromatic rings. The molecule has 5 nitrogen and oxygen atoms in total. The number of aromatic amines is 1. The molecule has 184 valence electrons. The van der Waals surface area contributed by atoms with Gasteiger partial charge >= 0.3 is 0 Å². The Hall–Kier alpha value is -3.71. The van der Waals surface area contributed by atoms with Crippen molar-refractivity contribution in [1.29, 1.82) is 0 Å². The minimum absolute atomic E-state index is 0.182. The fourth-order valence-corrected chi connectivity index (χ4v) is 5.11. The van der Waals surface area contributed by atoms with Crippen molar-refractivity contribution in [2.45, 2.75) is 13.0 Å². The lowest BCUT2D eigenvalue weighted by molar-refractivity contribution is 0.0668. The smallest absolute Gasteiger partial charge is 0.150 e. The molecule has 2 aliphatic heterocycles. The van der Waals surface area contributed by atoms with Crippen LogP contribution in [0.1, 0.15) is 29.7 Å². The highest BCUT2D eigenvalue weighted by Crippen LogP contribution is 2.47. The Labute approximate surface area is 208 Å². The van der Waals surface area contributed by atoms with Gasteiger partial charge in [-0.2, -0.15) is 5.10 Å². The zero-order valence-corrected chi connectivity index (χ0v) is 20.0. The highest BCUT2D eigenvalue weighted by molar-refractivity contribution is 5.98. The minimum atomic E-state index is -0.365. The maximum absolute atomic E-state index is 13.7. The molecule has 1 saturated heterocycles. The molecule has 7 heteroatoms. The van der Waals surface area contributed by atoms with Crippen LogP contribution in [0.15, 0.2) is 66.9 Å². The third-order valence-corrected chi connectivity index (χ3v) is 7.12. The number of allylic oxidation sites excluding steroid dienone is 1. The summed E-state index contributed by atoms with van der Waals surface area (Å²) in [6.07, 6.45) is 1.43. The molecule has 3 heterocycles. The summed E-state index contributed by atoms with van der Waals surface area (Å²) < 4.78 is 38.8. The fourth-order valence-electron chi connectivity index (χ4n) is 5.11. The first-order valence-electron chi connectivity index (χ1n) is 12.2. The van der Waals surface area contributed by atoms with Crippen LogP contribution in [0.5, 0.6) is 11.5 Å². The van der Waals surface area contributed by atoms with Crippen molar-refractivity contribution < 1.29 is 18.3 Å². The molecule has 0 saturated carbocycles. The Bertz CT molecular complexity index is 1410. The van der Waals surface area contributed by atoms with Crippen LogP contribution in [0.4, 0.5) is 8.78 Å². The molecule has 0 spiro atoms. The monoisotopic (exact) mass is 487 g/mol. The van der Waals surface area contributed by atoms with Gasteiger partial charge in [-0.05, 0) is 54.0 Å². The van der Waals surface area contributed by atoms with Gasteiger partial charge in [0.1, 0.15) is 30.0 Å². The van der Waals surface area contributed by atoms with E-state index in [1.165, 1.54) is 12.1 Å². The predicted octanol–water partition coefficient (Wildman–Crippen LogP) is 6.05. The van der Waals surface area contributed by atoms with Gasteiger partial charge in [-0.15, -0.1) is 0 Å². The number of nitrogens with zero attached hydrogens (tertiary/aromatic N) is 2. The zero-order chi connectivity index (χ0) is 24.6. The van der Waals surface area contributed by atoms with Crippen molar-refractivity contribution in [1.82, 2.24) is 15.1 Å². The average molecular weight is 488 g/mol. The zero-order valence-electron chi connectivity index (χ0n) is 20.0.